The lowest BCUT2D eigenvalue weighted by Gasteiger charge is -2.21. The van der Waals surface area contributed by atoms with Gasteiger partial charge < -0.3 is 23.8 Å². The maximum Gasteiger partial charge on any atom is 0.306 e. The molecule has 2 atom stereocenters. The molecule has 0 aliphatic carbocycles. The molecule has 1 N–H and O–H groups in total. The molecule has 0 saturated carbocycles. The topological polar surface area (TPSA) is 122 Å². The number of ether oxygens (including phenoxy) is 2. The van der Waals surface area contributed by atoms with Crippen LogP contribution in [0.2, 0.25) is 0 Å². The fourth-order valence-electron chi connectivity index (χ4n) is 4.31. The average molecular weight is 564 g/mol. The molecule has 0 spiro atoms. The number of carbonyl (C=O) groups excluding carboxylic acids is 2. The van der Waals surface area contributed by atoms with Gasteiger partial charge in [-0.2, -0.15) is 0 Å². The highest BCUT2D eigenvalue weighted by Gasteiger charge is 2.19. The zero-order chi connectivity index (χ0) is 28.3. The molecule has 8 nitrogen and oxygen atoms in total. The van der Waals surface area contributed by atoms with Gasteiger partial charge in [-0.05, 0) is 12.8 Å². The van der Waals surface area contributed by atoms with Gasteiger partial charge in [-0.1, -0.05) is 129 Å². The Kier molecular flexibility index (Phi) is 25.6. The molecule has 0 aromatic carbocycles. The molecular weight excluding hydrogens is 507 g/mol. The van der Waals surface area contributed by atoms with Crippen molar-refractivity contribution in [3.05, 3.63) is 0 Å². The van der Waals surface area contributed by atoms with Gasteiger partial charge in [0.25, 0.3) is 7.82 Å². The summed E-state index contributed by atoms with van der Waals surface area (Å²) in [6.07, 6.45) is 22.5. The van der Waals surface area contributed by atoms with Crippen molar-refractivity contribution in [1.29, 1.82) is 0 Å². The fourth-order valence-corrected chi connectivity index (χ4v) is 4.66. The van der Waals surface area contributed by atoms with Gasteiger partial charge in [0, 0.05) is 12.8 Å². The van der Waals surface area contributed by atoms with Crippen molar-refractivity contribution in [3.8, 4) is 0 Å². The van der Waals surface area contributed by atoms with E-state index in [-0.39, 0.29) is 19.4 Å². The summed E-state index contributed by atoms with van der Waals surface area (Å²) in [5.41, 5.74) is 0. The molecule has 38 heavy (non-hydrogen) atoms. The van der Waals surface area contributed by atoms with E-state index in [1.54, 1.807) is 0 Å². The van der Waals surface area contributed by atoms with Crippen LogP contribution in [0.3, 0.4) is 0 Å². The third-order valence-corrected chi connectivity index (χ3v) is 7.10. The lowest BCUT2D eigenvalue weighted by atomic mass is 10.1. The molecule has 0 rings (SSSR count). The summed E-state index contributed by atoms with van der Waals surface area (Å²) in [5, 5.41) is 0. The summed E-state index contributed by atoms with van der Waals surface area (Å²) in [4.78, 5) is 44.1. The van der Waals surface area contributed by atoms with Crippen LogP contribution >= 0.6 is 7.82 Å². The van der Waals surface area contributed by atoms with E-state index in [1.165, 1.54) is 83.5 Å². The number of hydrogen-bond donors (Lipinski definition) is 1. The van der Waals surface area contributed by atoms with Gasteiger partial charge in [0.1, 0.15) is 6.61 Å². The van der Waals surface area contributed by atoms with Crippen LogP contribution in [0, 0.1) is 0 Å². The standard InChI is InChI=1S/C29H57O8P/c1-3-5-7-9-11-13-14-16-17-19-21-23-28(30)35-25-27(26-36-38(32,33)34)37-29(31)24-22-20-18-15-12-10-8-6-4-2/h27H,3-26H2,1-2H3,(H2,32,33,34)/p-1/t27-/m1/s1. The molecule has 0 aliphatic heterocycles. The molecule has 0 amide bonds. The Bertz CT molecular complexity index is 607. The molecule has 0 aromatic heterocycles. The zero-order valence-electron chi connectivity index (χ0n) is 24.3. The molecule has 0 saturated heterocycles. The highest BCUT2D eigenvalue weighted by atomic mass is 31.2. The smallest absolute Gasteiger partial charge is 0.306 e. The normalized spacial score (nSPS) is 13.7. The van der Waals surface area contributed by atoms with Crippen LogP contribution in [0.1, 0.15) is 155 Å². The highest BCUT2D eigenvalue weighted by Crippen LogP contribution is 2.30. The first kappa shape index (κ1) is 37.0. The quantitative estimate of drug-likeness (QED) is 0.0588. The van der Waals surface area contributed by atoms with Gasteiger partial charge in [0.2, 0.25) is 0 Å². The van der Waals surface area contributed by atoms with Gasteiger partial charge in [0.15, 0.2) is 6.10 Å². The second-order valence-corrected chi connectivity index (χ2v) is 11.6. The summed E-state index contributed by atoms with van der Waals surface area (Å²) in [6.45, 7) is 3.52. The molecule has 0 heterocycles. The van der Waals surface area contributed by atoms with Crippen LogP contribution in [0.4, 0.5) is 0 Å². The first-order valence-electron chi connectivity index (χ1n) is 15.3. The van der Waals surface area contributed by atoms with E-state index in [2.05, 4.69) is 18.4 Å². The molecule has 9 heteroatoms. The lowest BCUT2D eigenvalue weighted by molar-refractivity contribution is -0.223. The SMILES string of the molecule is CCCCCCCCCCCCCC(=O)OC[C@H](COP(=O)([O-])O)OC(=O)CCCCCCCCCCC. The summed E-state index contributed by atoms with van der Waals surface area (Å²) in [5.74, 6) is -0.920. The summed E-state index contributed by atoms with van der Waals surface area (Å²) in [6, 6.07) is 0. The maximum atomic E-state index is 12.2. The van der Waals surface area contributed by atoms with E-state index in [1.807, 2.05) is 0 Å². The van der Waals surface area contributed by atoms with Crippen LogP contribution in [0.5, 0.6) is 0 Å². The molecule has 0 radical (unpaired) electrons. The van der Waals surface area contributed by atoms with E-state index < -0.39 is 32.5 Å². The molecule has 0 aliphatic rings. The third-order valence-electron chi connectivity index (χ3n) is 6.62. The zero-order valence-corrected chi connectivity index (χ0v) is 25.2. The van der Waals surface area contributed by atoms with Crippen molar-refractivity contribution in [1.82, 2.24) is 0 Å². The Hall–Kier alpha value is -0.950. The predicted octanol–water partition coefficient (Wildman–Crippen LogP) is 7.54. The van der Waals surface area contributed by atoms with E-state index in [0.717, 1.165) is 38.5 Å². The van der Waals surface area contributed by atoms with Gasteiger partial charge in [-0.15, -0.1) is 0 Å². The fraction of sp³-hybridized carbons (Fsp3) is 0.931. The summed E-state index contributed by atoms with van der Waals surface area (Å²) < 4.78 is 25.8. The second kappa shape index (κ2) is 26.3. The minimum absolute atomic E-state index is 0.202. The van der Waals surface area contributed by atoms with Crippen LogP contribution in [-0.2, 0) is 28.2 Å². The van der Waals surface area contributed by atoms with E-state index in [9.17, 15) is 19.0 Å². The Balaban J connectivity index is 4.03. The number of esters is 2. The van der Waals surface area contributed by atoms with E-state index in [0.29, 0.717) is 6.42 Å². The van der Waals surface area contributed by atoms with Crippen LogP contribution in [0.25, 0.3) is 0 Å². The number of carbonyl (C=O) groups is 2. The third kappa shape index (κ3) is 28.1. The number of hydrogen-bond acceptors (Lipinski definition) is 7. The van der Waals surface area contributed by atoms with Gasteiger partial charge in [0.05, 0.1) is 6.61 Å². The minimum Gasteiger partial charge on any atom is -0.756 e. The number of unbranched alkanes of at least 4 members (excludes halogenated alkanes) is 18. The van der Waals surface area contributed by atoms with Crippen LogP contribution in [0.15, 0.2) is 0 Å². The number of phosphoric acid groups is 1. The Morgan fingerprint density at radius 2 is 1.00 bits per heavy atom. The largest absolute Gasteiger partial charge is 0.756 e. The Morgan fingerprint density at radius 3 is 1.39 bits per heavy atom. The van der Waals surface area contributed by atoms with Crippen molar-refractivity contribution in [2.24, 2.45) is 0 Å². The molecule has 226 valence electrons. The van der Waals surface area contributed by atoms with E-state index in [4.69, 9.17) is 14.4 Å². The van der Waals surface area contributed by atoms with Crippen molar-refractivity contribution in [3.63, 3.8) is 0 Å². The number of rotatable bonds is 28. The number of phosphoric ester groups is 1. The first-order chi connectivity index (χ1) is 18.3. The lowest BCUT2D eigenvalue weighted by Crippen LogP contribution is -2.30. The summed E-state index contributed by atoms with van der Waals surface area (Å²) >= 11 is 0. The van der Waals surface area contributed by atoms with Crippen molar-refractivity contribution < 1.29 is 37.9 Å². The molecule has 0 fully saturated rings. The Morgan fingerprint density at radius 1 is 0.632 bits per heavy atom. The summed E-state index contributed by atoms with van der Waals surface area (Å²) in [7, 11) is -4.98. The molecule has 0 aromatic rings. The minimum atomic E-state index is -4.98. The van der Waals surface area contributed by atoms with Gasteiger partial charge in [-0.25, -0.2) is 0 Å². The second-order valence-electron chi connectivity index (χ2n) is 10.4. The van der Waals surface area contributed by atoms with Gasteiger partial charge >= 0.3 is 11.9 Å². The average Bonchev–Trinajstić information content (AvgIpc) is 2.87. The predicted molar refractivity (Wildman–Crippen MR) is 150 cm³/mol. The molecule has 1 unspecified atom stereocenters. The van der Waals surface area contributed by atoms with Crippen molar-refractivity contribution in [2.45, 2.75) is 161 Å². The van der Waals surface area contributed by atoms with Gasteiger partial charge in [-0.3, -0.25) is 14.2 Å². The van der Waals surface area contributed by atoms with E-state index >= 15 is 0 Å². The maximum absolute atomic E-state index is 12.2. The van der Waals surface area contributed by atoms with Crippen molar-refractivity contribution >= 4 is 19.8 Å². The molecular formula is C29H56O8P-. The Labute approximate surface area is 232 Å². The van der Waals surface area contributed by atoms with Crippen molar-refractivity contribution in [2.75, 3.05) is 13.2 Å². The monoisotopic (exact) mass is 563 g/mol. The highest BCUT2D eigenvalue weighted by molar-refractivity contribution is 7.44. The van der Waals surface area contributed by atoms with Crippen LogP contribution < -0.4 is 4.89 Å². The van der Waals surface area contributed by atoms with Crippen LogP contribution in [-0.4, -0.2) is 36.1 Å². The molecule has 0 bridgehead atoms. The first-order valence-corrected chi connectivity index (χ1v) is 16.8.